The minimum atomic E-state index is -0.112. The number of aromatic nitrogens is 1. The Hall–Kier alpha value is -1.87. The van der Waals surface area contributed by atoms with Crippen LogP contribution in [0.5, 0.6) is 5.75 Å². The highest BCUT2D eigenvalue weighted by molar-refractivity contribution is 5.27. The van der Waals surface area contributed by atoms with Crippen molar-refractivity contribution in [3.63, 3.8) is 0 Å². The Morgan fingerprint density at radius 3 is 2.53 bits per heavy atom. The average molecular weight is 228 g/mol. The Kier molecular flexibility index (Phi) is 3.40. The first-order chi connectivity index (χ1) is 8.15. The smallest absolute Gasteiger partial charge is 0.115 e. The van der Waals surface area contributed by atoms with Crippen LogP contribution in [-0.2, 0) is 6.42 Å². The zero-order chi connectivity index (χ0) is 12.3. The molecule has 0 aliphatic rings. The molecule has 1 unspecified atom stereocenters. The van der Waals surface area contributed by atoms with Gasteiger partial charge in [0.2, 0.25) is 0 Å². The van der Waals surface area contributed by atoms with E-state index in [1.54, 1.807) is 12.1 Å². The van der Waals surface area contributed by atoms with Gasteiger partial charge >= 0.3 is 0 Å². The van der Waals surface area contributed by atoms with E-state index in [0.29, 0.717) is 0 Å². The molecule has 2 rings (SSSR count). The number of aryl methyl sites for hydroxylation is 1. The van der Waals surface area contributed by atoms with Crippen molar-refractivity contribution in [2.24, 2.45) is 5.73 Å². The molecular weight excluding hydrogens is 212 g/mol. The van der Waals surface area contributed by atoms with Gasteiger partial charge in [0.05, 0.1) is 11.7 Å². The summed E-state index contributed by atoms with van der Waals surface area (Å²) < 4.78 is 0. The van der Waals surface area contributed by atoms with E-state index >= 15 is 0 Å². The molecule has 3 heteroatoms. The number of phenolic OH excluding ortho intramolecular Hbond substituents is 1. The van der Waals surface area contributed by atoms with E-state index in [2.05, 4.69) is 4.98 Å². The van der Waals surface area contributed by atoms with Crippen LogP contribution < -0.4 is 5.73 Å². The Labute approximate surface area is 101 Å². The van der Waals surface area contributed by atoms with Gasteiger partial charge in [-0.15, -0.1) is 0 Å². The largest absolute Gasteiger partial charge is 0.508 e. The molecule has 1 heterocycles. The molecule has 3 nitrogen and oxygen atoms in total. The van der Waals surface area contributed by atoms with E-state index in [4.69, 9.17) is 5.73 Å². The third-order valence-corrected chi connectivity index (χ3v) is 2.68. The van der Waals surface area contributed by atoms with Crippen LogP contribution in [0.25, 0.3) is 0 Å². The third kappa shape index (κ3) is 3.04. The molecule has 0 spiro atoms. The van der Waals surface area contributed by atoms with E-state index < -0.39 is 0 Å². The van der Waals surface area contributed by atoms with Crippen LogP contribution in [0, 0.1) is 6.92 Å². The van der Waals surface area contributed by atoms with Gasteiger partial charge in [-0.2, -0.15) is 0 Å². The van der Waals surface area contributed by atoms with Gasteiger partial charge in [-0.05, 0) is 43.2 Å². The van der Waals surface area contributed by atoms with E-state index in [0.717, 1.165) is 23.4 Å². The number of nitrogens with zero attached hydrogens (tertiary/aromatic N) is 1. The lowest BCUT2D eigenvalue weighted by Gasteiger charge is -2.11. The molecule has 0 saturated heterocycles. The SMILES string of the molecule is Cc1cccc(C(N)Cc2ccc(O)cc2)n1. The second-order valence-electron chi connectivity index (χ2n) is 4.18. The highest BCUT2D eigenvalue weighted by atomic mass is 16.3. The molecular formula is C14H16N2O. The molecule has 3 N–H and O–H groups in total. The van der Waals surface area contributed by atoms with Crippen LogP contribution in [0.3, 0.4) is 0 Å². The van der Waals surface area contributed by atoms with Crippen LogP contribution in [0.1, 0.15) is 23.0 Å². The van der Waals surface area contributed by atoms with E-state index in [1.807, 2.05) is 37.3 Å². The Bertz CT molecular complexity index is 494. The molecule has 0 amide bonds. The topological polar surface area (TPSA) is 59.1 Å². The summed E-state index contributed by atoms with van der Waals surface area (Å²) >= 11 is 0. The number of hydrogen-bond donors (Lipinski definition) is 2. The molecule has 0 aliphatic heterocycles. The van der Waals surface area contributed by atoms with Gasteiger partial charge in [0, 0.05) is 5.69 Å². The molecule has 17 heavy (non-hydrogen) atoms. The van der Waals surface area contributed by atoms with Crippen molar-refractivity contribution < 1.29 is 5.11 Å². The molecule has 0 saturated carbocycles. The summed E-state index contributed by atoms with van der Waals surface area (Å²) in [6, 6.07) is 12.9. The summed E-state index contributed by atoms with van der Waals surface area (Å²) in [4.78, 5) is 4.41. The quantitative estimate of drug-likeness (QED) is 0.847. The minimum absolute atomic E-state index is 0.112. The van der Waals surface area contributed by atoms with Gasteiger partial charge in [0.1, 0.15) is 5.75 Å². The summed E-state index contributed by atoms with van der Waals surface area (Å²) in [7, 11) is 0. The van der Waals surface area contributed by atoms with Crippen LogP contribution in [0.15, 0.2) is 42.5 Å². The first-order valence-electron chi connectivity index (χ1n) is 5.62. The Morgan fingerprint density at radius 2 is 1.88 bits per heavy atom. The fraction of sp³-hybridized carbons (Fsp3) is 0.214. The van der Waals surface area contributed by atoms with Crippen molar-refractivity contribution in [2.45, 2.75) is 19.4 Å². The number of benzene rings is 1. The summed E-state index contributed by atoms with van der Waals surface area (Å²) in [5, 5.41) is 9.20. The predicted octanol–water partition coefficient (Wildman–Crippen LogP) is 2.34. The third-order valence-electron chi connectivity index (χ3n) is 2.68. The number of phenols is 1. The van der Waals surface area contributed by atoms with Crippen molar-refractivity contribution in [2.75, 3.05) is 0 Å². The molecule has 1 aromatic heterocycles. The van der Waals surface area contributed by atoms with Gasteiger partial charge in [0.15, 0.2) is 0 Å². The number of pyridine rings is 1. The summed E-state index contributed by atoms with van der Waals surface area (Å²) in [5.74, 6) is 0.274. The van der Waals surface area contributed by atoms with Gasteiger partial charge in [-0.25, -0.2) is 0 Å². The first-order valence-corrected chi connectivity index (χ1v) is 5.62. The first kappa shape index (κ1) is 11.6. The normalized spacial score (nSPS) is 12.4. The standard InChI is InChI=1S/C14H16N2O/c1-10-3-2-4-14(16-10)13(15)9-11-5-7-12(17)8-6-11/h2-8,13,17H,9,15H2,1H3. The molecule has 0 bridgehead atoms. The van der Waals surface area contributed by atoms with Crippen LogP contribution in [0.2, 0.25) is 0 Å². The van der Waals surface area contributed by atoms with Crippen LogP contribution in [-0.4, -0.2) is 10.1 Å². The Balaban J connectivity index is 2.11. The van der Waals surface area contributed by atoms with Crippen molar-refractivity contribution in [1.82, 2.24) is 4.98 Å². The number of aromatic hydroxyl groups is 1. The second kappa shape index (κ2) is 4.97. The zero-order valence-electron chi connectivity index (χ0n) is 9.80. The zero-order valence-corrected chi connectivity index (χ0v) is 9.80. The summed E-state index contributed by atoms with van der Waals surface area (Å²) in [6.45, 7) is 1.96. The van der Waals surface area contributed by atoms with Crippen LogP contribution in [0.4, 0.5) is 0 Å². The lowest BCUT2D eigenvalue weighted by Crippen LogP contribution is -2.15. The predicted molar refractivity (Wildman–Crippen MR) is 67.7 cm³/mol. The molecule has 0 aliphatic carbocycles. The highest BCUT2D eigenvalue weighted by Gasteiger charge is 2.08. The molecule has 1 aromatic carbocycles. The van der Waals surface area contributed by atoms with Crippen molar-refractivity contribution in [3.8, 4) is 5.75 Å². The molecule has 0 radical (unpaired) electrons. The fourth-order valence-corrected chi connectivity index (χ4v) is 1.76. The van der Waals surface area contributed by atoms with Crippen LogP contribution >= 0.6 is 0 Å². The summed E-state index contributed by atoms with van der Waals surface area (Å²) in [6.07, 6.45) is 0.719. The number of hydrogen-bond acceptors (Lipinski definition) is 3. The number of nitrogens with two attached hydrogens (primary N) is 1. The van der Waals surface area contributed by atoms with Gasteiger partial charge in [-0.3, -0.25) is 4.98 Å². The lowest BCUT2D eigenvalue weighted by atomic mass is 10.0. The lowest BCUT2D eigenvalue weighted by molar-refractivity contribution is 0.475. The number of rotatable bonds is 3. The molecule has 88 valence electrons. The summed E-state index contributed by atoms with van der Waals surface area (Å²) in [5.41, 5.74) is 9.08. The van der Waals surface area contributed by atoms with Gasteiger partial charge < -0.3 is 10.8 Å². The van der Waals surface area contributed by atoms with Gasteiger partial charge in [0.25, 0.3) is 0 Å². The monoisotopic (exact) mass is 228 g/mol. The maximum absolute atomic E-state index is 9.20. The van der Waals surface area contributed by atoms with Crippen molar-refractivity contribution in [3.05, 3.63) is 59.4 Å². The highest BCUT2D eigenvalue weighted by Crippen LogP contribution is 2.16. The second-order valence-corrected chi connectivity index (χ2v) is 4.18. The fourth-order valence-electron chi connectivity index (χ4n) is 1.76. The minimum Gasteiger partial charge on any atom is -0.508 e. The molecule has 0 fully saturated rings. The van der Waals surface area contributed by atoms with Crippen molar-refractivity contribution >= 4 is 0 Å². The molecule has 2 aromatic rings. The van der Waals surface area contributed by atoms with Gasteiger partial charge in [-0.1, -0.05) is 18.2 Å². The average Bonchev–Trinajstić information content (AvgIpc) is 2.32. The van der Waals surface area contributed by atoms with E-state index in [-0.39, 0.29) is 11.8 Å². The van der Waals surface area contributed by atoms with E-state index in [1.165, 1.54) is 0 Å². The molecule has 1 atom stereocenters. The van der Waals surface area contributed by atoms with Crippen molar-refractivity contribution in [1.29, 1.82) is 0 Å². The maximum Gasteiger partial charge on any atom is 0.115 e. The van der Waals surface area contributed by atoms with E-state index in [9.17, 15) is 5.11 Å². The Morgan fingerprint density at radius 1 is 1.18 bits per heavy atom. The maximum atomic E-state index is 9.20.